The molecule has 2 rings (SSSR count). The van der Waals surface area contributed by atoms with Crippen LogP contribution < -0.4 is 0 Å². The Bertz CT molecular complexity index is 688. The summed E-state index contributed by atoms with van der Waals surface area (Å²) < 4.78 is 47.6. The summed E-state index contributed by atoms with van der Waals surface area (Å²) in [5.41, 5.74) is 0. The Morgan fingerprint density at radius 2 is 1.18 bits per heavy atom. The highest BCUT2D eigenvalue weighted by Crippen LogP contribution is 2.23. The molecule has 0 aliphatic carbocycles. The molecule has 0 radical (unpaired) electrons. The summed E-state index contributed by atoms with van der Waals surface area (Å²) in [6.07, 6.45) is 2.85. The molecule has 0 bridgehead atoms. The van der Waals surface area contributed by atoms with Crippen molar-refractivity contribution in [2.45, 2.75) is 77.5 Å². The van der Waals surface area contributed by atoms with E-state index in [0.29, 0.717) is 12.8 Å². The van der Waals surface area contributed by atoms with Gasteiger partial charge in [-0.2, -0.15) is 0 Å². The van der Waals surface area contributed by atoms with Crippen molar-refractivity contribution in [2.24, 2.45) is 0 Å². The summed E-state index contributed by atoms with van der Waals surface area (Å²) in [7, 11) is -6.03. The summed E-state index contributed by atoms with van der Waals surface area (Å²) in [4.78, 5) is 17.1. The highest BCUT2D eigenvalue weighted by molar-refractivity contribution is 7.91. The van der Waals surface area contributed by atoms with Crippen molar-refractivity contribution in [3.05, 3.63) is 0 Å². The number of sulfone groups is 2. The third kappa shape index (κ3) is 6.24. The van der Waals surface area contributed by atoms with Crippen molar-refractivity contribution in [3.8, 4) is 0 Å². The lowest BCUT2D eigenvalue weighted by atomic mass is 10.1. The lowest BCUT2D eigenvalue weighted by molar-refractivity contribution is -0.123. The van der Waals surface area contributed by atoms with Gasteiger partial charge in [0.15, 0.2) is 25.5 Å². The molecule has 2 aliphatic heterocycles. The molecule has 0 amide bonds. The van der Waals surface area contributed by atoms with Crippen LogP contribution in [0.25, 0.3) is 0 Å². The molecule has 7 nitrogen and oxygen atoms in total. The van der Waals surface area contributed by atoms with Crippen molar-refractivity contribution in [1.82, 2.24) is 9.80 Å². The summed E-state index contributed by atoms with van der Waals surface area (Å²) in [6, 6.07) is 0.0536. The van der Waals surface area contributed by atoms with E-state index in [-0.39, 0.29) is 66.1 Å². The largest absolute Gasteiger partial charge is 0.297 e. The van der Waals surface area contributed by atoms with Gasteiger partial charge in [0.05, 0.1) is 36.1 Å². The minimum atomic E-state index is -3.01. The predicted octanol–water partition coefficient (Wildman–Crippen LogP) is 1.13. The first-order valence-electron chi connectivity index (χ1n) is 10.4. The lowest BCUT2D eigenvalue weighted by Gasteiger charge is -2.36. The maximum absolute atomic E-state index is 13.0. The second-order valence-electron chi connectivity index (χ2n) is 8.51. The highest BCUT2D eigenvalue weighted by atomic mass is 32.2. The van der Waals surface area contributed by atoms with Gasteiger partial charge < -0.3 is 0 Å². The number of carbonyl (C=O) groups is 1. The number of rotatable bonds is 10. The Morgan fingerprint density at radius 1 is 0.821 bits per heavy atom. The van der Waals surface area contributed by atoms with Crippen LogP contribution in [0.4, 0.5) is 0 Å². The van der Waals surface area contributed by atoms with Gasteiger partial charge in [0.2, 0.25) is 0 Å². The molecule has 4 atom stereocenters. The molecule has 0 aromatic heterocycles. The number of nitrogens with zero attached hydrogens (tertiary/aromatic N) is 2. The quantitative estimate of drug-likeness (QED) is 0.507. The second-order valence-corrected chi connectivity index (χ2v) is 13.0. The Labute approximate surface area is 170 Å². The summed E-state index contributed by atoms with van der Waals surface area (Å²) in [6.45, 7) is 8.60. The van der Waals surface area contributed by atoms with Crippen molar-refractivity contribution in [2.75, 3.05) is 36.1 Å². The Kier molecular flexibility index (Phi) is 8.09. The third-order valence-corrected chi connectivity index (χ3v) is 9.89. The molecular weight excluding hydrogens is 400 g/mol. The first kappa shape index (κ1) is 23.8. The van der Waals surface area contributed by atoms with Crippen molar-refractivity contribution < 1.29 is 21.6 Å². The average molecular weight is 437 g/mol. The predicted molar refractivity (Wildman–Crippen MR) is 112 cm³/mol. The van der Waals surface area contributed by atoms with E-state index >= 15 is 0 Å². The molecule has 0 saturated carbocycles. The van der Waals surface area contributed by atoms with Crippen molar-refractivity contribution >= 4 is 25.5 Å². The monoisotopic (exact) mass is 436 g/mol. The van der Waals surface area contributed by atoms with E-state index in [4.69, 9.17) is 0 Å². The van der Waals surface area contributed by atoms with E-state index in [1.54, 1.807) is 0 Å². The highest BCUT2D eigenvalue weighted by Gasteiger charge is 2.37. The van der Waals surface area contributed by atoms with Crippen LogP contribution in [0.5, 0.6) is 0 Å². The SMILES string of the molecule is CC[C@@H](C)N(CC(=O)CN([C@H]1CCS(=O)(=O)C1)[C@@H](C)CC)[C@H]1CCS(=O)(=O)C1. The molecule has 0 spiro atoms. The Hall–Kier alpha value is -0.510. The molecule has 2 saturated heterocycles. The number of hydrogen-bond acceptors (Lipinski definition) is 7. The van der Waals surface area contributed by atoms with Crippen LogP contribution in [0.1, 0.15) is 53.4 Å². The first-order chi connectivity index (χ1) is 13.0. The van der Waals surface area contributed by atoms with Crippen LogP contribution in [0.3, 0.4) is 0 Å². The smallest absolute Gasteiger partial charge is 0.160 e. The number of ketones is 1. The van der Waals surface area contributed by atoms with Gasteiger partial charge in [-0.1, -0.05) is 13.8 Å². The lowest BCUT2D eigenvalue weighted by Crippen LogP contribution is -2.50. The number of hydrogen-bond donors (Lipinski definition) is 0. The molecule has 2 aliphatic rings. The van der Waals surface area contributed by atoms with E-state index in [1.807, 2.05) is 37.5 Å². The molecule has 0 aromatic carbocycles. The molecule has 0 aromatic rings. The van der Waals surface area contributed by atoms with Gasteiger partial charge in [0.25, 0.3) is 0 Å². The van der Waals surface area contributed by atoms with Crippen molar-refractivity contribution in [1.29, 1.82) is 0 Å². The second kappa shape index (κ2) is 9.53. The molecular formula is C19H36N2O5S2. The van der Waals surface area contributed by atoms with Gasteiger partial charge in [0, 0.05) is 24.2 Å². The zero-order valence-electron chi connectivity index (χ0n) is 17.6. The average Bonchev–Trinajstić information content (AvgIpc) is 3.17. The van der Waals surface area contributed by atoms with Crippen LogP contribution in [-0.2, 0) is 24.5 Å². The fraction of sp³-hybridized carbons (Fsp3) is 0.947. The first-order valence-corrected chi connectivity index (χ1v) is 14.1. The summed E-state index contributed by atoms with van der Waals surface area (Å²) in [5, 5.41) is 0. The fourth-order valence-electron chi connectivity index (χ4n) is 4.29. The van der Waals surface area contributed by atoms with Crippen LogP contribution >= 0.6 is 0 Å². The maximum atomic E-state index is 13.0. The van der Waals surface area contributed by atoms with Gasteiger partial charge in [-0.25, -0.2) is 16.8 Å². The van der Waals surface area contributed by atoms with Crippen LogP contribution in [0, 0.1) is 0 Å². The van der Waals surface area contributed by atoms with Gasteiger partial charge in [-0.15, -0.1) is 0 Å². The minimum absolute atomic E-state index is 0.0363. The van der Waals surface area contributed by atoms with E-state index in [2.05, 4.69) is 0 Å². The standard InChI is InChI=1S/C19H36N2O5S2/c1-5-15(3)20(17-7-9-27(23,24)13-17)11-19(22)12-21(16(4)6-2)18-8-10-28(25,26)14-18/h15-18H,5-14H2,1-4H3/t15-,16+,17-,18-/m0/s1. The van der Waals surface area contributed by atoms with E-state index in [1.165, 1.54) is 0 Å². The summed E-state index contributed by atoms with van der Waals surface area (Å²) in [5.74, 6) is 0.672. The van der Waals surface area contributed by atoms with E-state index < -0.39 is 19.7 Å². The normalized spacial score (nSPS) is 28.6. The zero-order chi connectivity index (χ0) is 21.1. The van der Waals surface area contributed by atoms with Crippen molar-refractivity contribution in [3.63, 3.8) is 0 Å². The van der Waals surface area contributed by atoms with Crippen LogP contribution in [-0.4, -0.2) is 92.7 Å². The molecule has 0 N–H and O–H groups in total. The summed E-state index contributed by atoms with van der Waals surface area (Å²) >= 11 is 0. The molecule has 28 heavy (non-hydrogen) atoms. The van der Waals surface area contributed by atoms with Gasteiger partial charge >= 0.3 is 0 Å². The Morgan fingerprint density at radius 3 is 1.43 bits per heavy atom. The van der Waals surface area contributed by atoms with Gasteiger partial charge in [-0.05, 0) is 39.5 Å². The van der Waals surface area contributed by atoms with E-state index in [9.17, 15) is 21.6 Å². The van der Waals surface area contributed by atoms with E-state index in [0.717, 1.165) is 12.8 Å². The van der Waals surface area contributed by atoms with Crippen LogP contribution in [0.15, 0.2) is 0 Å². The molecule has 164 valence electrons. The minimum Gasteiger partial charge on any atom is -0.297 e. The molecule has 0 unspecified atom stereocenters. The van der Waals surface area contributed by atoms with Crippen LogP contribution in [0.2, 0.25) is 0 Å². The molecule has 9 heteroatoms. The fourth-order valence-corrected chi connectivity index (χ4v) is 7.77. The van der Waals surface area contributed by atoms with Gasteiger partial charge in [-0.3, -0.25) is 14.6 Å². The third-order valence-electron chi connectivity index (χ3n) is 6.39. The Balaban J connectivity index is 2.08. The maximum Gasteiger partial charge on any atom is 0.160 e. The zero-order valence-corrected chi connectivity index (χ0v) is 19.3. The molecule has 2 fully saturated rings. The molecule has 2 heterocycles. The topological polar surface area (TPSA) is 91.8 Å². The number of Topliss-reactive ketones (excluding diaryl/α,β-unsaturated/α-hetero) is 1. The van der Waals surface area contributed by atoms with Gasteiger partial charge in [0.1, 0.15) is 0 Å². The number of carbonyl (C=O) groups excluding carboxylic acids is 1.